The molecule has 2 amide bonds. The Morgan fingerprint density at radius 3 is 2.75 bits per heavy atom. The molecule has 2 rings (SSSR count). The predicted octanol–water partition coefficient (Wildman–Crippen LogP) is 1.63. The third-order valence-electron chi connectivity index (χ3n) is 4.52. The molecule has 1 aromatic carbocycles. The minimum absolute atomic E-state index is 0.0157. The molecule has 1 heterocycles. The quantitative estimate of drug-likeness (QED) is 0.525. The summed E-state index contributed by atoms with van der Waals surface area (Å²) in [6, 6.07) is 8.43. The van der Waals surface area contributed by atoms with E-state index in [2.05, 4.69) is 10.6 Å². The molecule has 1 aromatic rings. The number of amides is 2. The Bertz CT molecular complexity index is 689. The number of carbonyl (C=O) groups excluding carboxylic acids is 3. The van der Waals surface area contributed by atoms with E-state index in [1.54, 1.807) is 6.92 Å². The van der Waals surface area contributed by atoms with Gasteiger partial charge in [0, 0.05) is 18.9 Å². The number of esters is 1. The number of aliphatic hydroxyl groups excluding tert-OH is 1. The smallest absolute Gasteiger partial charge is 0.306 e. The zero-order valence-corrected chi connectivity index (χ0v) is 16.1. The number of hydrogen-bond acceptors (Lipinski definition) is 5. The van der Waals surface area contributed by atoms with Crippen LogP contribution >= 0.6 is 0 Å². The largest absolute Gasteiger partial charge is 0.463 e. The molecule has 3 N–H and O–H groups in total. The van der Waals surface area contributed by atoms with Gasteiger partial charge in [-0.1, -0.05) is 42.5 Å². The molecule has 1 aliphatic rings. The maximum absolute atomic E-state index is 12.9. The zero-order valence-electron chi connectivity index (χ0n) is 16.1. The lowest BCUT2D eigenvalue weighted by Gasteiger charge is -2.23. The molecule has 7 nitrogen and oxygen atoms in total. The summed E-state index contributed by atoms with van der Waals surface area (Å²) in [6.07, 6.45) is 4.85. The van der Waals surface area contributed by atoms with Crippen molar-refractivity contribution in [2.75, 3.05) is 13.2 Å². The predicted molar refractivity (Wildman–Crippen MR) is 104 cm³/mol. The molecular formula is C21H28N2O5. The van der Waals surface area contributed by atoms with E-state index in [0.717, 1.165) is 5.56 Å². The van der Waals surface area contributed by atoms with Crippen LogP contribution in [-0.4, -0.2) is 42.1 Å². The highest BCUT2D eigenvalue weighted by molar-refractivity contribution is 5.86. The van der Waals surface area contributed by atoms with Gasteiger partial charge >= 0.3 is 5.97 Å². The molecule has 28 heavy (non-hydrogen) atoms. The Balaban J connectivity index is 2.15. The van der Waals surface area contributed by atoms with E-state index in [9.17, 15) is 14.4 Å². The number of nitrogens with one attached hydrogen (secondary N) is 2. The van der Waals surface area contributed by atoms with Gasteiger partial charge in [0.1, 0.15) is 6.61 Å². The molecule has 0 bridgehead atoms. The fourth-order valence-corrected chi connectivity index (χ4v) is 2.91. The minimum atomic E-state index is -0.552. The molecule has 7 heteroatoms. The van der Waals surface area contributed by atoms with Crippen LogP contribution in [0.3, 0.4) is 0 Å². The van der Waals surface area contributed by atoms with Crippen molar-refractivity contribution in [3.63, 3.8) is 0 Å². The summed E-state index contributed by atoms with van der Waals surface area (Å²) < 4.78 is 5.32. The maximum Gasteiger partial charge on any atom is 0.306 e. The zero-order chi connectivity index (χ0) is 20.4. The Labute approximate surface area is 165 Å². The lowest BCUT2D eigenvalue weighted by atomic mass is 9.97. The normalized spacial score (nSPS) is 22.2. The van der Waals surface area contributed by atoms with Gasteiger partial charge in [0.05, 0.1) is 18.6 Å². The van der Waals surface area contributed by atoms with E-state index in [1.807, 2.05) is 42.5 Å². The molecule has 0 saturated heterocycles. The van der Waals surface area contributed by atoms with Crippen molar-refractivity contribution in [3.05, 3.63) is 48.0 Å². The summed E-state index contributed by atoms with van der Waals surface area (Å²) in [5.74, 6) is -1.43. The molecule has 0 unspecified atom stereocenters. The summed E-state index contributed by atoms with van der Waals surface area (Å²) in [6.45, 7) is 1.57. The molecule has 3 atom stereocenters. The van der Waals surface area contributed by atoms with Crippen LogP contribution in [-0.2, 0) is 19.1 Å². The Morgan fingerprint density at radius 2 is 2.04 bits per heavy atom. The maximum atomic E-state index is 12.9. The second-order valence-corrected chi connectivity index (χ2v) is 6.95. The number of hydrogen-bond donors (Lipinski definition) is 3. The van der Waals surface area contributed by atoms with Crippen molar-refractivity contribution >= 4 is 17.8 Å². The van der Waals surface area contributed by atoms with Crippen molar-refractivity contribution in [1.29, 1.82) is 0 Å². The van der Waals surface area contributed by atoms with E-state index < -0.39 is 12.0 Å². The Hall–Kier alpha value is -2.67. The first-order chi connectivity index (χ1) is 13.5. The Morgan fingerprint density at radius 1 is 1.29 bits per heavy atom. The minimum Gasteiger partial charge on any atom is -0.463 e. The molecule has 1 aliphatic heterocycles. The van der Waals surface area contributed by atoms with E-state index in [-0.39, 0.29) is 49.9 Å². The van der Waals surface area contributed by atoms with Gasteiger partial charge in [-0.05, 0) is 25.3 Å². The fraction of sp³-hybridized carbons (Fsp3) is 0.476. The van der Waals surface area contributed by atoms with Gasteiger partial charge in [-0.15, -0.1) is 0 Å². The molecular weight excluding hydrogens is 360 g/mol. The van der Waals surface area contributed by atoms with Gasteiger partial charge in [0.2, 0.25) is 11.8 Å². The third-order valence-corrected chi connectivity index (χ3v) is 4.52. The van der Waals surface area contributed by atoms with Gasteiger partial charge in [-0.2, -0.15) is 0 Å². The van der Waals surface area contributed by atoms with Crippen LogP contribution in [0, 0.1) is 5.92 Å². The van der Waals surface area contributed by atoms with Crippen LogP contribution in [0.1, 0.15) is 44.2 Å². The lowest BCUT2D eigenvalue weighted by molar-refractivity contribution is -0.145. The van der Waals surface area contributed by atoms with Gasteiger partial charge in [0.15, 0.2) is 0 Å². The van der Waals surface area contributed by atoms with E-state index in [1.165, 1.54) is 0 Å². The highest BCUT2D eigenvalue weighted by atomic mass is 16.5. The summed E-state index contributed by atoms with van der Waals surface area (Å²) in [7, 11) is 0. The fourth-order valence-electron chi connectivity index (χ4n) is 2.91. The van der Waals surface area contributed by atoms with Gasteiger partial charge < -0.3 is 20.5 Å². The van der Waals surface area contributed by atoms with Crippen LogP contribution in [0.4, 0.5) is 0 Å². The van der Waals surface area contributed by atoms with Gasteiger partial charge in [-0.25, -0.2) is 0 Å². The van der Waals surface area contributed by atoms with Crippen LogP contribution in [0.15, 0.2) is 42.5 Å². The first-order valence-electron chi connectivity index (χ1n) is 9.55. The van der Waals surface area contributed by atoms with Crippen LogP contribution in [0.25, 0.3) is 0 Å². The summed E-state index contributed by atoms with van der Waals surface area (Å²) in [5, 5.41) is 14.7. The SMILES string of the molecule is C[C@H](CO)NC(=O)C[C@H]1CC=CCCC(=O)OC[C@H](c2ccccc2)NC1=O. The molecule has 152 valence electrons. The molecule has 0 saturated carbocycles. The van der Waals surface area contributed by atoms with Gasteiger partial charge in [0.25, 0.3) is 0 Å². The van der Waals surface area contributed by atoms with E-state index >= 15 is 0 Å². The topological polar surface area (TPSA) is 105 Å². The van der Waals surface area contributed by atoms with Crippen molar-refractivity contribution in [3.8, 4) is 0 Å². The highest BCUT2D eigenvalue weighted by Crippen LogP contribution is 2.18. The van der Waals surface area contributed by atoms with Crippen molar-refractivity contribution in [1.82, 2.24) is 10.6 Å². The molecule has 0 fully saturated rings. The molecule has 0 aromatic heterocycles. The first kappa shape index (κ1) is 21.6. The van der Waals surface area contributed by atoms with Crippen molar-refractivity contribution < 1.29 is 24.2 Å². The third kappa shape index (κ3) is 7.15. The summed E-state index contributed by atoms with van der Waals surface area (Å²) in [4.78, 5) is 36.9. The number of rotatable bonds is 5. The first-order valence-corrected chi connectivity index (χ1v) is 9.55. The average Bonchev–Trinajstić information content (AvgIpc) is 2.69. The second-order valence-electron chi connectivity index (χ2n) is 6.95. The monoisotopic (exact) mass is 388 g/mol. The summed E-state index contributed by atoms with van der Waals surface area (Å²) in [5.41, 5.74) is 0.827. The van der Waals surface area contributed by atoms with E-state index in [0.29, 0.717) is 12.8 Å². The molecule has 0 radical (unpaired) electrons. The number of benzene rings is 1. The van der Waals surface area contributed by atoms with Crippen LogP contribution in [0.2, 0.25) is 0 Å². The number of cyclic esters (lactones) is 1. The van der Waals surface area contributed by atoms with Crippen molar-refractivity contribution in [2.24, 2.45) is 5.92 Å². The van der Waals surface area contributed by atoms with Gasteiger partial charge in [-0.3, -0.25) is 14.4 Å². The summed E-state index contributed by atoms with van der Waals surface area (Å²) >= 11 is 0. The van der Waals surface area contributed by atoms with Crippen LogP contribution in [0.5, 0.6) is 0 Å². The number of allylic oxidation sites excluding steroid dienone is 2. The second kappa shape index (κ2) is 11.2. The highest BCUT2D eigenvalue weighted by Gasteiger charge is 2.25. The van der Waals surface area contributed by atoms with Crippen molar-refractivity contribution in [2.45, 2.75) is 44.7 Å². The average molecular weight is 388 g/mol. The molecule has 0 spiro atoms. The standard InChI is InChI=1S/C21H28N2O5/c1-15(13-24)22-19(25)12-17-10-6-3-7-11-20(26)28-14-18(23-21(17)27)16-8-4-2-5-9-16/h2-6,8-9,15,17-18,24H,7,10-14H2,1H3,(H,22,25)(H,23,27)/t15-,17-,18-/m1/s1. The van der Waals surface area contributed by atoms with E-state index in [4.69, 9.17) is 9.84 Å². The lowest BCUT2D eigenvalue weighted by Crippen LogP contribution is -2.41. The van der Waals surface area contributed by atoms with Crippen LogP contribution < -0.4 is 10.6 Å². The molecule has 0 aliphatic carbocycles. The number of ether oxygens (including phenoxy) is 1. The number of aliphatic hydroxyl groups is 1. The number of carbonyl (C=O) groups is 3. The Kier molecular flexibility index (Phi) is 8.68.